The Morgan fingerprint density at radius 1 is 1.31 bits per heavy atom. The van der Waals surface area contributed by atoms with Crippen LogP contribution in [0.25, 0.3) is 0 Å². The zero-order chi connectivity index (χ0) is 11.4. The van der Waals surface area contributed by atoms with Crippen LogP contribution in [0, 0.1) is 5.41 Å². The SMILES string of the molecule is CCCCN(CC1(CC)CCNC1)C1CC1. The Morgan fingerprint density at radius 3 is 2.62 bits per heavy atom. The fraction of sp³-hybridized carbons (Fsp3) is 1.00. The molecule has 1 saturated heterocycles. The molecule has 2 fully saturated rings. The molecule has 94 valence electrons. The quantitative estimate of drug-likeness (QED) is 0.715. The summed E-state index contributed by atoms with van der Waals surface area (Å²) in [5.74, 6) is 0. The van der Waals surface area contributed by atoms with E-state index in [-0.39, 0.29) is 0 Å². The van der Waals surface area contributed by atoms with Gasteiger partial charge in [-0.2, -0.15) is 0 Å². The van der Waals surface area contributed by atoms with E-state index in [1.165, 1.54) is 64.7 Å². The first kappa shape index (κ1) is 12.4. The summed E-state index contributed by atoms with van der Waals surface area (Å²) in [6.45, 7) is 9.85. The lowest BCUT2D eigenvalue weighted by atomic mass is 9.83. The lowest BCUT2D eigenvalue weighted by Gasteiger charge is -2.34. The van der Waals surface area contributed by atoms with Gasteiger partial charge in [-0.1, -0.05) is 20.3 Å². The summed E-state index contributed by atoms with van der Waals surface area (Å²) in [6, 6.07) is 0.940. The van der Waals surface area contributed by atoms with Gasteiger partial charge in [0.05, 0.1) is 0 Å². The molecule has 1 aliphatic heterocycles. The molecule has 1 N–H and O–H groups in total. The Morgan fingerprint density at radius 2 is 2.12 bits per heavy atom. The van der Waals surface area contributed by atoms with Crippen LogP contribution in [0.4, 0.5) is 0 Å². The summed E-state index contributed by atoms with van der Waals surface area (Å²) in [7, 11) is 0. The van der Waals surface area contributed by atoms with E-state index in [4.69, 9.17) is 0 Å². The Kier molecular flexibility index (Phi) is 4.26. The maximum Gasteiger partial charge on any atom is 0.00966 e. The zero-order valence-electron chi connectivity index (χ0n) is 11.1. The smallest absolute Gasteiger partial charge is 0.00966 e. The number of rotatable bonds is 7. The highest BCUT2D eigenvalue weighted by atomic mass is 15.2. The topological polar surface area (TPSA) is 15.3 Å². The number of hydrogen-bond donors (Lipinski definition) is 1. The van der Waals surface area contributed by atoms with Crippen molar-refractivity contribution in [2.75, 3.05) is 26.2 Å². The molecule has 2 rings (SSSR count). The highest BCUT2D eigenvalue weighted by Gasteiger charge is 2.38. The van der Waals surface area contributed by atoms with Crippen LogP contribution in [0.3, 0.4) is 0 Å². The summed E-state index contributed by atoms with van der Waals surface area (Å²) >= 11 is 0. The molecule has 1 atom stereocenters. The van der Waals surface area contributed by atoms with E-state index in [0.717, 1.165) is 6.04 Å². The third-order valence-corrected chi connectivity index (χ3v) is 4.48. The van der Waals surface area contributed by atoms with Gasteiger partial charge in [0.15, 0.2) is 0 Å². The van der Waals surface area contributed by atoms with E-state index in [1.54, 1.807) is 0 Å². The molecule has 0 aromatic heterocycles. The molecule has 1 heterocycles. The van der Waals surface area contributed by atoms with Crippen molar-refractivity contribution in [1.82, 2.24) is 10.2 Å². The molecular formula is C14H28N2. The van der Waals surface area contributed by atoms with Crippen molar-refractivity contribution in [3.8, 4) is 0 Å². The van der Waals surface area contributed by atoms with Crippen molar-refractivity contribution in [1.29, 1.82) is 0 Å². The maximum atomic E-state index is 3.56. The molecule has 1 unspecified atom stereocenters. The minimum Gasteiger partial charge on any atom is -0.316 e. The standard InChI is InChI=1S/C14H28N2/c1-3-5-10-16(13-6-7-13)12-14(4-2)8-9-15-11-14/h13,15H,3-12H2,1-2H3. The van der Waals surface area contributed by atoms with Gasteiger partial charge >= 0.3 is 0 Å². The fourth-order valence-corrected chi connectivity index (χ4v) is 2.97. The van der Waals surface area contributed by atoms with Crippen LogP contribution in [-0.2, 0) is 0 Å². The molecule has 0 aromatic carbocycles. The zero-order valence-corrected chi connectivity index (χ0v) is 11.1. The first-order chi connectivity index (χ1) is 7.79. The number of nitrogens with one attached hydrogen (secondary N) is 1. The van der Waals surface area contributed by atoms with E-state index in [1.807, 2.05) is 0 Å². The number of unbranched alkanes of at least 4 members (excludes halogenated alkanes) is 1. The Balaban J connectivity index is 1.87. The van der Waals surface area contributed by atoms with Crippen LogP contribution in [-0.4, -0.2) is 37.1 Å². The first-order valence-electron chi connectivity index (χ1n) is 7.24. The predicted molar refractivity (Wildman–Crippen MR) is 69.7 cm³/mol. The Hall–Kier alpha value is -0.0800. The third-order valence-electron chi connectivity index (χ3n) is 4.48. The van der Waals surface area contributed by atoms with Gasteiger partial charge in [0.25, 0.3) is 0 Å². The van der Waals surface area contributed by atoms with Gasteiger partial charge < -0.3 is 5.32 Å². The third kappa shape index (κ3) is 2.98. The van der Waals surface area contributed by atoms with E-state index in [0.29, 0.717) is 5.41 Å². The average Bonchev–Trinajstić information content (AvgIpc) is 3.05. The molecule has 0 amide bonds. The van der Waals surface area contributed by atoms with E-state index in [2.05, 4.69) is 24.1 Å². The lowest BCUT2D eigenvalue weighted by molar-refractivity contribution is 0.149. The highest BCUT2D eigenvalue weighted by molar-refractivity contribution is 4.93. The summed E-state index contributed by atoms with van der Waals surface area (Å²) in [4.78, 5) is 2.79. The highest BCUT2D eigenvalue weighted by Crippen LogP contribution is 2.35. The van der Waals surface area contributed by atoms with Crippen LogP contribution < -0.4 is 5.32 Å². The molecular weight excluding hydrogens is 196 g/mol. The van der Waals surface area contributed by atoms with E-state index >= 15 is 0 Å². The minimum absolute atomic E-state index is 0.594. The van der Waals surface area contributed by atoms with Crippen molar-refractivity contribution in [2.24, 2.45) is 5.41 Å². The van der Waals surface area contributed by atoms with Crippen LogP contribution in [0.2, 0.25) is 0 Å². The molecule has 2 nitrogen and oxygen atoms in total. The molecule has 0 aromatic rings. The van der Waals surface area contributed by atoms with Gasteiger partial charge in [0.2, 0.25) is 0 Å². The lowest BCUT2D eigenvalue weighted by Crippen LogP contribution is -2.40. The molecule has 16 heavy (non-hydrogen) atoms. The van der Waals surface area contributed by atoms with Crippen molar-refractivity contribution in [2.45, 2.75) is 58.4 Å². The fourth-order valence-electron chi connectivity index (χ4n) is 2.97. The minimum atomic E-state index is 0.594. The summed E-state index contributed by atoms with van der Waals surface area (Å²) in [6.07, 6.45) is 8.35. The molecule has 1 saturated carbocycles. The second-order valence-electron chi connectivity index (χ2n) is 5.84. The van der Waals surface area contributed by atoms with E-state index < -0.39 is 0 Å². The molecule has 1 aliphatic carbocycles. The molecule has 2 heteroatoms. The molecule has 0 spiro atoms. The van der Waals surface area contributed by atoms with Crippen molar-refractivity contribution in [3.05, 3.63) is 0 Å². The van der Waals surface area contributed by atoms with Crippen molar-refractivity contribution < 1.29 is 0 Å². The normalized spacial score (nSPS) is 30.2. The van der Waals surface area contributed by atoms with Crippen molar-refractivity contribution in [3.63, 3.8) is 0 Å². The maximum absolute atomic E-state index is 3.56. The Bertz CT molecular complexity index is 205. The van der Waals surface area contributed by atoms with Gasteiger partial charge in [-0.05, 0) is 50.6 Å². The van der Waals surface area contributed by atoms with Gasteiger partial charge in [-0.15, -0.1) is 0 Å². The number of hydrogen-bond acceptors (Lipinski definition) is 2. The first-order valence-corrected chi connectivity index (χ1v) is 7.24. The van der Waals surface area contributed by atoms with Gasteiger partial charge in [0.1, 0.15) is 0 Å². The largest absolute Gasteiger partial charge is 0.316 e. The van der Waals surface area contributed by atoms with Gasteiger partial charge in [-0.3, -0.25) is 4.90 Å². The monoisotopic (exact) mass is 224 g/mol. The summed E-state index contributed by atoms with van der Waals surface area (Å²) < 4.78 is 0. The Labute approximate surface area is 101 Å². The second-order valence-corrected chi connectivity index (χ2v) is 5.84. The van der Waals surface area contributed by atoms with Gasteiger partial charge in [0, 0.05) is 19.1 Å². The molecule has 2 aliphatic rings. The summed E-state index contributed by atoms with van der Waals surface area (Å²) in [5, 5.41) is 3.56. The summed E-state index contributed by atoms with van der Waals surface area (Å²) in [5.41, 5.74) is 0.594. The van der Waals surface area contributed by atoms with E-state index in [9.17, 15) is 0 Å². The van der Waals surface area contributed by atoms with Crippen molar-refractivity contribution >= 4 is 0 Å². The van der Waals surface area contributed by atoms with Crippen LogP contribution in [0.1, 0.15) is 52.4 Å². The average molecular weight is 224 g/mol. The molecule has 0 bridgehead atoms. The van der Waals surface area contributed by atoms with Crippen LogP contribution in [0.5, 0.6) is 0 Å². The predicted octanol–water partition coefficient (Wildman–Crippen LogP) is 2.64. The van der Waals surface area contributed by atoms with Gasteiger partial charge in [-0.25, -0.2) is 0 Å². The van der Waals surface area contributed by atoms with Crippen LogP contribution in [0.15, 0.2) is 0 Å². The van der Waals surface area contributed by atoms with Crippen LogP contribution >= 0.6 is 0 Å². The number of nitrogens with zero attached hydrogens (tertiary/aromatic N) is 1. The molecule has 0 radical (unpaired) electrons. The second kappa shape index (κ2) is 5.50.